The van der Waals surface area contributed by atoms with E-state index in [1.807, 2.05) is 0 Å². The Morgan fingerprint density at radius 1 is 1.05 bits per heavy atom. The van der Waals surface area contributed by atoms with E-state index in [1.165, 1.54) is 12.1 Å². The highest BCUT2D eigenvalue weighted by molar-refractivity contribution is 6.00. The van der Waals surface area contributed by atoms with Crippen LogP contribution in [0.25, 0.3) is 0 Å². The lowest BCUT2D eigenvalue weighted by molar-refractivity contribution is -0.137. The monoisotopic (exact) mass is 292 g/mol. The van der Waals surface area contributed by atoms with E-state index in [-0.39, 0.29) is 11.4 Å². The van der Waals surface area contributed by atoms with E-state index in [0.29, 0.717) is 11.3 Å². The van der Waals surface area contributed by atoms with E-state index in [1.54, 1.807) is 24.3 Å². The minimum Gasteiger partial charge on any atom is -0.384 e. The number of rotatable bonds is 1. The molecule has 3 nitrogen and oxygen atoms in total. The van der Waals surface area contributed by atoms with Gasteiger partial charge < -0.3 is 10.8 Å². The van der Waals surface area contributed by atoms with Crippen molar-refractivity contribution in [1.82, 2.24) is 0 Å². The lowest BCUT2D eigenvalue weighted by Crippen LogP contribution is -2.39. The van der Waals surface area contributed by atoms with Crippen LogP contribution in [0.1, 0.15) is 16.7 Å². The summed E-state index contributed by atoms with van der Waals surface area (Å²) in [7, 11) is 0. The molecule has 0 spiro atoms. The summed E-state index contributed by atoms with van der Waals surface area (Å²) in [4.78, 5) is 4.04. The van der Waals surface area contributed by atoms with Gasteiger partial charge in [0.1, 0.15) is 5.84 Å². The molecule has 0 saturated heterocycles. The molecule has 0 saturated carbocycles. The maximum Gasteiger partial charge on any atom is 0.416 e. The first-order valence-electron chi connectivity index (χ1n) is 6.18. The fourth-order valence-corrected chi connectivity index (χ4v) is 2.45. The van der Waals surface area contributed by atoms with Gasteiger partial charge in [0.15, 0.2) is 5.60 Å². The normalized spacial score (nSPS) is 21.0. The van der Waals surface area contributed by atoms with Crippen molar-refractivity contribution in [2.45, 2.75) is 11.8 Å². The van der Waals surface area contributed by atoms with Crippen LogP contribution >= 0.6 is 0 Å². The Morgan fingerprint density at radius 2 is 1.76 bits per heavy atom. The number of hydrogen-bond donors (Lipinski definition) is 2. The minimum atomic E-state index is -4.49. The van der Waals surface area contributed by atoms with Gasteiger partial charge in [0, 0.05) is 5.56 Å². The van der Waals surface area contributed by atoms with Crippen LogP contribution in [0, 0.1) is 0 Å². The van der Waals surface area contributed by atoms with Gasteiger partial charge in [-0.15, -0.1) is 0 Å². The second-order valence-electron chi connectivity index (χ2n) is 4.80. The van der Waals surface area contributed by atoms with Crippen LogP contribution in [-0.2, 0) is 11.8 Å². The Morgan fingerprint density at radius 3 is 2.48 bits per heavy atom. The first-order chi connectivity index (χ1) is 9.83. The highest BCUT2D eigenvalue weighted by Crippen LogP contribution is 2.42. The molecule has 108 valence electrons. The van der Waals surface area contributed by atoms with Crippen LogP contribution in [0.5, 0.6) is 0 Å². The largest absolute Gasteiger partial charge is 0.416 e. The average Bonchev–Trinajstić information content (AvgIpc) is 2.71. The Labute approximate surface area is 118 Å². The van der Waals surface area contributed by atoms with Crippen molar-refractivity contribution < 1.29 is 18.3 Å². The number of para-hydroxylation sites is 1. The Balaban J connectivity index is 2.19. The maximum atomic E-state index is 12.8. The number of aliphatic imine (C=N–C) groups is 1. The first-order valence-corrected chi connectivity index (χ1v) is 6.18. The SMILES string of the molecule is NC1=Nc2ccccc2C1(O)c1cccc(C(F)(F)F)c1. The zero-order chi connectivity index (χ0) is 15.3. The molecule has 2 aromatic carbocycles. The molecule has 21 heavy (non-hydrogen) atoms. The molecule has 1 heterocycles. The number of halogens is 3. The van der Waals surface area contributed by atoms with Crippen molar-refractivity contribution in [1.29, 1.82) is 0 Å². The van der Waals surface area contributed by atoms with Crippen molar-refractivity contribution >= 4 is 11.5 Å². The van der Waals surface area contributed by atoms with Gasteiger partial charge in [0.25, 0.3) is 0 Å². The van der Waals surface area contributed by atoms with E-state index in [9.17, 15) is 18.3 Å². The third-order valence-electron chi connectivity index (χ3n) is 3.51. The lowest BCUT2D eigenvalue weighted by atomic mass is 9.85. The summed E-state index contributed by atoms with van der Waals surface area (Å²) in [6.07, 6.45) is -4.49. The molecule has 0 fully saturated rings. The number of alkyl halides is 3. The number of hydrogen-bond acceptors (Lipinski definition) is 3. The van der Waals surface area contributed by atoms with Crippen LogP contribution < -0.4 is 5.73 Å². The van der Waals surface area contributed by atoms with Crippen molar-refractivity contribution in [3.05, 3.63) is 65.2 Å². The molecule has 1 atom stereocenters. The Hall–Kier alpha value is -2.34. The number of benzene rings is 2. The molecule has 0 radical (unpaired) electrons. The van der Waals surface area contributed by atoms with Crippen molar-refractivity contribution in [2.24, 2.45) is 10.7 Å². The second-order valence-corrected chi connectivity index (χ2v) is 4.80. The third kappa shape index (κ3) is 1.99. The van der Waals surface area contributed by atoms with E-state index < -0.39 is 17.3 Å². The van der Waals surface area contributed by atoms with Crippen LogP contribution in [0.15, 0.2) is 53.5 Å². The van der Waals surface area contributed by atoms with E-state index in [2.05, 4.69) is 4.99 Å². The predicted octanol–water partition coefficient (Wildman–Crippen LogP) is 2.94. The molecule has 0 amide bonds. The molecule has 6 heteroatoms. The lowest BCUT2D eigenvalue weighted by Gasteiger charge is -2.25. The van der Waals surface area contributed by atoms with Gasteiger partial charge in [-0.3, -0.25) is 0 Å². The minimum absolute atomic E-state index is 0.0449. The van der Waals surface area contributed by atoms with Gasteiger partial charge in [0.05, 0.1) is 11.3 Å². The summed E-state index contributed by atoms with van der Waals surface area (Å²) in [5, 5.41) is 10.9. The van der Waals surface area contributed by atoms with Gasteiger partial charge in [0.2, 0.25) is 0 Å². The standard InChI is InChI=1S/C15H11F3N2O/c16-15(17,18)10-5-3-4-9(8-10)14(21)11-6-1-2-7-12(11)20-13(14)19/h1-8,21H,(H2,19,20). The highest BCUT2D eigenvalue weighted by Gasteiger charge is 2.43. The van der Waals surface area contributed by atoms with Crippen LogP contribution in [0.4, 0.5) is 18.9 Å². The van der Waals surface area contributed by atoms with E-state index in [4.69, 9.17) is 5.73 Å². The fraction of sp³-hybridized carbons (Fsp3) is 0.133. The summed E-state index contributed by atoms with van der Waals surface area (Å²) in [6, 6.07) is 11.1. The fourth-order valence-electron chi connectivity index (χ4n) is 2.45. The van der Waals surface area contributed by atoms with Gasteiger partial charge >= 0.3 is 6.18 Å². The molecule has 3 N–H and O–H groups in total. The molecule has 1 aliphatic rings. The molecular weight excluding hydrogens is 281 g/mol. The Kier molecular flexibility index (Phi) is 2.81. The molecule has 0 aliphatic carbocycles. The predicted molar refractivity (Wildman–Crippen MR) is 72.2 cm³/mol. The van der Waals surface area contributed by atoms with Crippen molar-refractivity contribution in [3.63, 3.8) is 0 Å². The number of amidine groups is 1. The highest BCUT2D eigenvalue weighted by atomic mass is 19.4. The Bertz CT molecular complexity index is 740. The molecule has 2 aromatic rings. The van der Waals surface area contributed by atoms with Crippen LogP contribution in [0.3, 0.4) is 0 Å². The number of nitrogens with zero attached hydrogens (tertiary/aromatic N) is 1. The summed E-state index contributed by atoms with van der Waals surface area (Å²) < 4.78 is 38.5. The summed E-state index contributed by atoms with van der Waals surface area (Å²) in [6.45, 7) is 0. The molecular formula is C15H11F3N2O. The number of fused-ring (bicyclic) bond motifs is 1. The molecule has 0 bridgehead atoms. The second kappa shape index (κ2) is 4.33. The first kappa shape index (κ1) is 13.6. The van der Waals surface area contributed by atoms with Crippen molar-refractivity contribution in [3.8, 4) is 0 Å². The van der Waals surface area contributed by atoms with Crippen LogP contribution in [0.2, 0.25) is 0 Å². The van der Waals surface area contributed by atoms with E-state index >= 15 is 0 Å². The summed E-state index contributed by atoms with van der Waals surface area (Å²) in [5.41, 5.74) is 3.97. The smallest absolute Gasteiger partial charge is 0.384 e. The maximum absolute atomic E-state index is 12.8. The molecule has 3 rings (SSSR count). The van der Waals surface area contributed by atoms with Gasteiger partial charge in [-0.25, -0.2) is 4.99 Å². The van der Waals surface area contributed by atoms with Crippen molar-refractivity contribution in [2.75, 3.05) is 0 Å². The quantitative estimate of drug-likeness (QED) is 0.849. The van der Waals surface area contributed by atoms with Crippen LogP contribution in [-0.4, -0.2) is 10.9 Å². The van der Waals surface area contributed by atoms with E-state index in [0.717, 1.165) is 12.1 Å². The summed E-state index contributed by atoms with van der Waals surface area (Å²) in [5.74, 6) is -0.136. The molecule has 1 aliphatic heterocycles. The number of nitrogens with two attached hydrogens (primary N) is 1. The zero-order valence-corrected chi connectivity index (χ0v) is 10.7. The van der Waals surface area contributed by atoms with Gasteiger partial charge in [-0.2, -0.15) is 13.2 Å². The van der Waals surface area contributed by atoms with Gasteiger partial charge in [-0.1, -0.05) is 30.3 Å². The summed E-state index contributed by atoms with van der Waals surface area (Å²) >= 11 is 0. The zero-order valence-electron chi connectivity index (χ0n) is 10.7. The average molecular weight is 292 g/mol. The van der Waals surface area contributed by atoms with Gasteiger partial charge in [-0.05, 0) is 23.8 Å². The third-order valence-corrected chi connectivity index (χ3v) is 3.51. The number of aliphatic hydroxyl groups is 1. The topological polar surface area (TPSA) is 58.6 Å². The molecule has 0 aromatic heterocycles. The molecule has 1 unspecified atom stereocenters.